The lowest BCUT2D eigenvalue weighted by atomic mass is 10.0. The summed E-state index contributed by atoms with van der Waals surface area (Å²) in [5.74, 6) is -0.334. The Morgan fingerprint density at radius 2 is 2.25 bits per heavy atom. The molecule has 0 saturated heterocycles. The summed E-state index contributed by atoms with van der Waals surface area (Å²) >= 11 is 5.76. The van der Waals surface area contributed by atoms with Crippen molar-refractivity contribution in [2.45, 2.75) is 32.4 Å². The van der Waals surface area contributed by atoms with Crippen LogP contribution in [0.15, 0.2) is 30.9 Å². The van der Waals surface area contributed by atoms with Crippen molar-refractivity contribution in [3.8, 4) is 0 Å². The molecule has 3 heteroatoms. The van der Waals surface area contributed by atoms with Crippen molar-refractivity contribution in [1.82, 2.24) is 5.32 Å². The number of benzene rings is 1. The molecular formula is C13H17ClFN. The molecule has 0 fully saturated rings. The minimum absolute atomic E-state index is 0.0355. The van der Waals surface area contributed by atoms with E-state index in [1.165, 1.54) is 0 Å². The van der Waals surface area contributed by atoms with Crippen LogP contribution in [0.5, 0.6) is 0 Å². The maximum Gasteiger partial charge on any atom is 0.146 e. The van der Waals surface area contributed by atoms with Gasteiger partial charge in [-0.3, -0.25) is 0 Å². The summed E-state index contributed by atoms with van der Waals surface area (Å²) < 4.78 is 13.8. The third-order valence-corrected chi connectivity index (χ3v) is 2.87. The third-order valence-electron chi connectivity index (χ3n) is 2.58. The Labute approximate surface area is 101 Å². The molecule has 1 aromatic carbocycles. The summed E-state index contributed by atoms with van der Waals surface area (Å²) in [7, 11) is 0. The van der Waals surface area contributed by atoms with Gasteiger partial charge in [-0.25, -0.2) is 4.39 Å². The summed E-state index contributed by atoms with van der Waals surface area (Å²) in [6, 6.07) is 5.20. The molecule has 1 aromatic rings. The van der Waals surface area contributed by atoms with E-state index in [-0.39, 0.29) is 22.9 Å². The van der Waals surface area contributed by atoms with E-state index in [4.69, 9.17) is 11.6 Å². The number of hydrogen-bond donors (Lipinski definition) is 1. The summed E-state index contributed by atoms with van der Waals surface area (Å²) in [4.78, 5) is 0. The van der Waals surface area contributed by atoms with Crippen molar-refractivity contribution < 1.29 is 4.39 Å². The van der Waals surface area contributed by atoms with Crippen LogP contribution in [0, 0.1) is 5.82 Å². The molecule has 1 rings (SSSR count). The highest BCUT2D eigenvalue weighted by Crippen LogP contribution is 2.25. The van der Waals surface area contributed by atoms with Gasteiger partial charge in [-0.1, -0.05) is 36.7 Å². The SMILES string of the molecule is C=CC(C)NC(CC)c1cccc(Cl)c1F. The molecule has 1 N–H and O–H groups in total. The van der Waals surface area contributed by atoms with Crippen LogP contribution in [0.25, 0.3) is 0 Å². The number of halogens is 2. The summed E-state index contributed by atoms with van der Waals surface area (Å²) in [5, 5.41) is 3.45. The maximum atomic E-state index is 13.8. The second kappa shape index (κ2) is 6.02. The molecule has 0 spiro atoms. The van der Waals surface area contributed by atoms with Crippen LogP contribution < -0.4 is 5.32 Å². The zero-order valence-corrected chi connectivity index (χ0v) is 10.4. The van der Waals surface area contributed by atoms with Crippen molar-refractivity contribution in [2.24, 2.45) is 0 Å². The van der Waals surface area contributed by atoms with Gasteiger partial charge in [-0.05, 0) is 19.4 Å². The molecule has 0 bridgehead atoms. The lowest BCUT2D eigenvalue weighted by molar-refractivity contribution is 0.467. The topological polar surface area (TPSA) is 12.0 Å². The van der Waals surface area contributed by atoms with Crippen LogP contribution in [0.2, 0.25) is 5.02 Å². The Kier molecular flexibility index (Phi) is 4.97. The first kappa shape index (κ1) is 13.2. The highest BCUT2D eigenvalue weighted by molar-refractivity contribution is 6.30. The third kappa shape index (κ3) is 3.06. The second-order valence-corrected chi connectivity index (χ2v) is 4.20. The van der Waals surface area contributed by atoms with Gasteiger partial charge in [-0.2, -0.15) is 0 Å². The Morgan fingerprint density at radius 3 is 2.81 bits per heavy atom. The number of hydrogen-bond acceptors (Lipinski definition) is 1. The Bertz CT molecular complexity index is 365. The van der Waals surface area contributed by atoms with E-state index < -0.39 is 0 Å². The van der Waals surface area contributed by atoms with Crippen LogP contribution in [0.1, 0.15) is 31.9 Å². The highest BCUT2D eigenvalue weighted by Gasteiger charge is 2.16. The first-order chi connectivity index (χ1) is 7.60. The van der Waals surface area contributed by atoms with Gasteiger partial charge < -0.3 is 5.32 Å². The number of rotatable bonds is 5. The predicted molar refractivity (Wildman–Crippen MR) is 67.2 cm³/mol. The molecule has 0 radical (unpaired) electrons. The zero-order chi connectivity index (χ0) is 12.1. The maximum absolute atomic E-state index is 13.8. The molecule has 0 aliphatic heterocycles. The molecule has 0 saturated carbocycles. The predicted octanol–water partition coefficient (Wildman–Crippen LogP) is 4.09. The van der Waals surface area contributed by atoms with E-state index in [0.29, 0.717) is 5.56 Å². The monoisotopic (exact) mass is 241 g/mol. The van der Waals surface area contributed by atoms with Crippen LogP contribution in [0.3, 0.4) is 0 Å². The first-order valence-electron chi connectivity index (χ1n) is 5.42. The molecule has 1 nitrogen and oxygen atoms in total. The summed E-state index contributed by atoms with van der Waals surface area (Å²) in [6.45, 7) is 7.69. The fourth-order valence-corrected chi connectivity index (χ4v) is 1.78. The van der Waals surface area contributed by atoms with Crippen LogP contribution >= 0.6 is 11.6 Å². The van der Waals surface area contributed by atoms with Crippen molar-refractivity contribution in [1.29, 1.82) is 0 Å². The van der Waals surface area contributed by atoms with E-state index in [1.54, 1.807) is 24.3 Å². The van der Waals surface area contributed by atoms with E-state index in [9.17, 15) is 4.39 Å². The first-order valence-corrected chi connectivity index (χ1v) is 5.80. The average Bonchev–Trinajstić information content (AvgIpc) is 2.29. The Morgan fingerprint density at radius 1 is 1.56 bits per heavy atom. The molecule has 0 aliphatic carbocycles. The van der Waals surface area contributed by atoms with Gasteiger partial charge in [0.15, 0.2) is 0 Å². The molecule has 0 heterocycles. The molecule has 0 amide bonds. The lowest BCUT2D eigenvalue weighted by Crippen LogP contribution is -2.29. The lowest BCUT2D eigenvalue weighted by Gasteiger charge is -2.21. The van der Waals surface area contributed by atoms with Gasteiger partial charge >= 0.3 is 0 Å². The molecular weight excluding hydrogens is 225 g/mol. The normalized spacial score (nSPS) is 14.5. The van der Waals surface area contributed by atoms with Crippen molar-refractivity contribution in [2.75, 3.05) is 0 Å². The van der Waals surface area contributed by atoms with Crippen molar-refractivity contribution in [3.05, 3.63) is 47.3 Å². The number of nitrogens with one attached hydrogen (secondary N) is 1. The molecule has 2 atom stereocenters. The standard InChI is InChI=1S/C13H17ClFN/c1-4-9(3)16-12(5-2)10-7-6-8-11(14)13(10)15/h4,6-9,12,16H,1,5H2,2-3H3. The molecule has 0 aromatic heterocycles. The van der Waals surface area contributed by atoms with Crippen molar-refractivity contribution >= 4 is 11.6 Å². The smallest absolute Gasteiger partial charge is 0.146 e. The minimum atomic E-state index is -0.334. The minimum Gasteiger partial charge on any atom is -0.304 e. The van der Waals surface area contributed by atoms with Crippen LogP contribution in [-0.2, 0) is 0 Å². The van der Waals surface area contributed by atoms with Crippen LogP contribution in [0.4, 0.5) is 4.39 Å². The van der Waals surface area contributed by atoms with Crippen molar-refractivity contribution in [3.63, 3.8) is 0 Å². The van der Waals surface area contributed by atoms with Gasteiger partial charge in [0.1, 0.15) is 5.82 Å². The Hall–Kier alpha value is -0.860. The second-order valence-electron chi connectivity index (χ2n) is 3.79. The van der Waals surface area contributed by atoms with Gasteiger partial charge in [0.25, 0.3) is 0 Å². The van der Waals surface area contributed by atoms with E-state index in [0.717, 1.165) is 6.42 Å². The van der Waals surface area contributed by atoms with Gasteiger partial charge in [-0.15, -0.1) is 6.58 Å². The van der Waals surface area contributed by atoms with Gasteiger partial charge in [0, 0.05) is 17.6 Å². The summed E-state index contributed by atoms with van der Waals surface area (Å²) in [6.07, 6.45) is 2.60. The highest BCUT2D eigenvalue weighted by atomic mass is 35.5. The molecule has 16 heavy (non-hydrogen) atoms. The molecule has 2 unspecified atom stereocenters. The van der Waals surface area contributed by atoms with E-state index >= 15 is 0 Å². The average molecular weight is 242 g/mol. The van der Waals surface area contributed by atoms with E-state index in [1.807, 2.05) is 13.8 Å². The van der Waals surface area contributed by atoms with Gasteiger partial charge in [0.05, 0.1) is 5.02 Å². The summed E-state index contributed by atoms with van der Waals surface area (Å²) in [5.41, 5.74) is 0.615. The van der Waals surface area contributed by atoms with E-state index in [2.05, 4.69) is 11.9 Å². The fourth-order valence-electron chi connectivity index (χ4n) is 1.60. The van der Waals surface area contributed by atoms with Gasteiger partial charge in [0.2, 0.25) is 0 Å². The quantitative estimate of drug-likeness (QED) is 0.766. The zero-order valence-electron chi connectivity index (χ0n) is 9.63. The Balaban J connectivity index is 2.94. The fraction of sp³-hybridized carbons (Fsp3) is 0.385. The molecule has 0 aliphatic rings. The largest absolute Gasteiger partial charge is 0.304 e. The van der Waals surface area contributed by atoms with Crippen LogP contribution in [-0.4, -0.2) is 6.04 Å². The molecule has 88 valence electrons.